The molecule has 1 rings (SSSR count). The Morgan fingerprint density at radius 3 is 2.69 bits per heavy atom. The van der Waals surface area contributed by atoms with E-state index in [0.29, 0.717) is 5.82 Å². The molecule has 1 heterocycles. The summed E-state index contributed by atoms with van der Waals surface area (Å²) in [6.45, 7) is 3.16. The summed E-state index contributed by atoms with van der Waals surface area (Å²) in [6.07, 6.45) is 0. The van der Waals surface area contributed by atoms with Crippen LogP contribution in [-0.4, -0.2) is 28.6 Å². The zero-order valence-corrected chi connectivity index (χ0v) is 9.43. The predicted octanol–water partition coefficient (Wildman–Crippen LogP) is 1.25. The van der Waals surface area contributed by atoms with Crippen LogP contribution in [-0.2, 0) is 4.79 Å². The molecule has 0 unspecified atom stereocenters. The average molecular weight is 219 g/mol. The highest BCUT2D eigenvalue weighted by atomic mass is 16.4. The number of pyridine rings is 1. The number of carbonyl (C=O) groups is 1. The van der Waals surface area contributed by atoms with Gasteiger partial charge in [-0.2, -0.15) is 5.26 Å². The van der Waals surface area contributed by atoms with Crippen LogP contribution in [0.15, 0.2) is 18.2 Å². The number of nitriles is 1. The van der Waals surface area contributed by atoms with Gasteiger partial charge in [0.1, 0.15) is 23.1 Å². The zero-order valence-electron chi connectivity index (χ0n) is 9.43. The first-order valence-corrected chi connectivity index (χ1v) is 4.74. The van der Waals surface area contributed by atoms with Gasteiger partial charge in [0.2, 0.25) is 0 Å². The van der Waals surface area contributed by atoms with Crippen molar-refractivity contribution in [3.05, 3.63) is 23.9 Å². The predicted molar refractivity (Wildman–Crippen MR) is 59.1 cm³/mol. The minimum Gasteiger partial charge on any atom is -0.480 e. The number of aromatic nitrogens is 1. The summed E-state index contributed by atoms with van der Waals surface area (Å²) in [7, 11) is 1.64. The van der Waals surface area contributed by atoms with Crippen molar-refractivity contribution in [1.82, 2.24) is 4.98 Å². The number of hydrogen-bond acceptors (Lipinski definition) is 4. The van der Waals surface area contributed by atoms with Gasteiger partial charge in [-0.25, -0.2) is 9.78 Å². The van der Waals surface area contributed by atoms with Crippen LogP contribution in [0.1, 0.15) is 19.5 Å². The molecule has 5 nitrogen and oxygen atoms in total. The number of anilines is 1. The number of carboxylic acids is 1. The number of carboxylic acid groups (broad SMARTS) is 1. The third kappa shape index (κ3) is 2.11. The van der Waals surface area contributed by atoms with Gasteiger partial charge in [-0.3, -0.25) is 0 Å². The molecule has 0 bridgehead atoms. The molecule has 1 aromatic rings. The molecule has 84 valence electrons. The van der Waals surface area contributed by atoms with E-state index >= 15 is 0 Å². The van der Waals surface area contributed by atoms with Crippen LogP contribution in [0, 0.1) is 11.3 Å². The maximum Gasteiger partial charge on any atom is 0.328 e. The molecule has 1 aromatic heterocycles. The van der Waals surface area contributed by atoms with Crippen molar-refractivity contribution in [2.45, 2.75) is 19.4 Å². The Hall–Kier alpha value is -2.09. The zero-order chi connectivity index (χ0) is 12.3. The first-order chi connectivity index (χ1) is 7.39. The molecule has 0 fully saturated rings. The van der Waals surface area contributed by atoms with E-state index in [9.17, 15) is 4.79 Å². The molecule has 0 amide bonds. The minimum absolute atomic E-state index is 0.269. The van der Waals surface area contributed by atoms with E-state index in [2.05, 4.69) is 4.98 Å². The van der Waals surface area contributed by atoms with Crippen molar-refractivity contribution in [3.8, 4) is 6.07 Å². The number of nitrogens with zero attached hydrogens (tertiary/aromatic N) is 3. The van der Waals surface area contributed by atoms with Crippen LogP contribution >= 0.6 is 0 Å². The molecule has 0 saturated heterocycles. The third-order valence-electron chi connectivity index (χ3n) is 2.55. The molecular weight excluding hydrogens is 206 g/mol. The summed E-state index contributed by atoms with van der Waals surface area (Å²) in [6, 6.07) is 6.84. The lowest BCUT2D eigenvalue weighted by atomic mass is 10.0. The third-order valence-corrected chi connectivity index (χ3v) is 2.55. The fraction of sp³-hybridized carbons (Fsp3) is 0.364. The lowest BCUT2D eigenvalue weighted by Crippen LogP contribution is -2.48. The van der Waals surface area contributed by atoms with Crippen LogP contribution in [0.2, 0.25) is 0 Å². The van der Waals surface area contributed by atoms with Gasteiger partial charge < -0.3 is 10.0 Å². The molecule has 0 radical (unpaired) electrons. The Bertz CT molecular complexity index is 449. The van der Waals surface area contributed by atoms with Gasteiger partial charge in [0.25, 0.3) is 0 Å². The normalized spacial score (nSPS) is 10.6. The Kier molecular flexibility index (Phi) is 3.14. The lowest BCUT2D eigenvalue weighted by Gasteiger charge is -2.32. The lowest BCUT2D eigenvalue weighted by molar-refractivity contribution is -0.142. The Morgan fingerprint density at radius 2 is 2.19 bits per heavy atom. The number of likely N-dealkylation sites (N-methyl/N-ethyl adjacent to an activating group) is 1. The van der Waals surface area contributed by atoms with Gasteiger partial charge in [-0.1, -0.05) is 6.07 Å². The molecule has 5 heteroatoms. The second-order valence-electron chi connectivity index (χ2n) is 3.92. The van der Waals surface area contributed by atoms with Gasteiger partial charge in [0, 0.05) is 7.05 Å². The fourth-order valence-electron chi connectivity index (χ4n) is 1.10. The van der Waals surface area contributed by atoms with Crippen molar-refractivity contribution in [1.29, 1.82) is 5.26 Å². The molecule has 16 heavy (non-hydrogen) atoms. The molecule has 0 aliphatic carbocycles. The number of rotatable bonds is 3. The van der Waals surface area contributed by atoms with E-state index in [1.165, 1.54) is 4.90 Å². The van der Waals surface area contributed by atoms with Crippen LogP contribution in [0.5, 0.6) is 0 Å². The Balaban J connectivity index is 3.10. The van der Waals surface area contributed by atoms with Gasteiger partial charge in [-0.05, 0) is 26.0 Å². The molecule has 0 spiro atoms. The number of aliphatic carboxylic acids is 1. The highest BCUT2D eigenvalue weighted by molar-refractivity contribution is 5.81. The molecule has 0 atom stereocenters. The standard InChI is InChI=1S/C11H13N3O2/c1-11(2,10(15)16)14(3)9-6-4-5-8(7-12)13-9/h4-6H,1-3H3,(H,15,16). The first kappa shape index (κ1) is 12.0. The summed E-state index contributed by atoms with van der Waals surface area (Å²) < 4.78 is 0. The van der Waals surface area contributed by atoms with E-state index in [0.717, 1.165) is 0 Å². The highest BCUT2D eigenvalue weighted by Crippen LogP contribution is 2.20. The topological polar surface area (TPSA) is 77.2 Å². The van der Waals surface area contributed by atoms with E-state index in [4.69, 9.17) is 10.4 Å². The van der Waals surface area contributed by atoms with E-state index in [-0.39, 0.29) is 5.69 Å². The second-order valence-corrected chi connectivity index (χ2v) is 3.92. The Labute approximate surface area is 93.9 Å². The van der Waals surface area contributed by atoms with E-state index in [1.807, 2.05) is 6.07 Å². The van der Waals surface area contributed by atoms with Crippen molar-refractivity contribution in [2.24, 2.45) is 0 Å². The van der Waals surface area contributed by atoms with Crippen molar-refractivity contribution < 1.29 is 9.90 Å². The molecule has 0 aliphatic heterocycles. The Morgan fingerprint density at radius 1 is 1.56 bits per heavy atom. The van der Waals surface area contributed by atoms with Crippen molar-refractivity contribution >= 4 is 11.8 Å². The van der Waals surface area contributed by atoms with Gasteiger partial charge in [0.05, 0.1) is 0 Å². The molecule has 1 N–H and O–H groups in total. The second kappa shape index (κ2) is 4.19. The summed E-state index contributed by atoms with van der Waals surface area (Å²) >= 11 is 0. The summed E-state index contributed by atoms with van der Waals surface area (Å²) in [5.41, 5.74) is -0.799. The van der Waals surface area contributed by atoms with Crippen LogP contribution in [0.3, 0.4) is 0 Å². The fourth-order valence-corrected chi connectivity index (χ4v) is 1.10. The number of hydrogen-bond donors (Lipinski definition) is 1. The maximum atomic E-state index is 11.1. The van der Waals surface area contributed by atoms with Gasteiger partial charge in [0.15, 0.2) is 0 Å². The molecule has 0 aliphatic rings. The quantitative estimate of drug-likeness (QED) is 0.827. The molecular formula is C11H13N3O2. The largest absolute Gasteiger partial charge is 0.480 e. The molecule has 0 saturated carbocycles. The monoisotopic (exact) mass is 219 g/mol. The SMILES string of the molecule is CN(c1cccc(C#N)n1)C(C)(C)C(=O)O. The van der Waals surface area contributed by atoms with Crippen LogP contribution in [0.25, 0.3) is 0 Å². The summed E-state index contributed by atoms with van der Waals surface area (Å²) in [5.74, 6) is -0.481. The smallest absolute Gasteiger partial charge is 0.328 e. The maximum absolute atomic E-state index is 11.1. The van der Waals surface area contributed by atoms with Gasteiger partial charge >= 0.3 is 5.97 Å². The van der Waals surface area contributed by atoms with E-state index in [1.54, 1.807) is 39.1 Å². The molecule has 0 aromatic carbocycles. The van der Waals surface area contributed by atoms with Crippen LogP contribution in [0.4, 0.5) is 5.82 Å². The summed E-state index contributed by atoms with van der Waals surface area (Å²) in [4.78, 5) is 16.6. The minimum atomic E-state index is -1.07. The first-order valence-electron chi connectivity index (χ1n) is 4.74. The van der Waals surface area contributed by atoms with Crippen molar-refractivity contribution in [2.75, 3.05) is 11.9 Å². The van der Waals surface area contributed by atoms with E-state index < -0.39 is 11.5 Å². The van der Waals surface area contributed by atoms with Crippen molar-refractivity contribution in [3.63, 3.8) is 0 Å². The highest BCUT2D eigenvalue weighted by Gasteiger charge is 2.32. The summed E-state index contributed by atoms with van der Waals surface area (Å²) in [5, 5.41) is 17.8. The van der Waals surface area contributed by atoms with Crippen LogP contribution < -0.4 is 4.90 Å². The van der Waals surface area contributed by atoms with Gasteiger partial charge in [-0.15, -0.1) is 0 Å². The average Bonchev–Trinajstić information content (AvgIpc) is 2.27.